The summed E-state index contributed by atoms with van der Waals surface area (Å²) in [7, 11) is 3.20. The van der Waals surface area contributed by atoms with E-state index in [0.717, 1.165) is 17.9 Å². The Labute approximate surface area is 129 Å². The number of carbonyl (C=O) groups excluding carboxylic acids is 1. The van der Waals surface area contributed by atoms with Crippen molar-refractivity contribution in [2.45, 2.75) is 12.5 Å². The van der Waals surface area contributed by atoms with E-state index in [-0.39, 0.29) is 11.9 Å². The van der Waals surface area contributed by atoms with Crippen LogP contribution in [0.25, 0.3) is 0 Å². The molecule has 116 valence electrons. The summed E-state index contributed by atoms with van der Waals surface area (Å²) in [5.74, 6) is 2.55. The van der Waals surface area contributed by atoms with Gasteiger partial charge in [0.2, 0.25) is 0 Å². The Bertz CT molecular complexity index is 490. The number of nitrogen functional groups attached to an aromatic ring is 1. The van der Waals surface area contributed by atoms with Gasteiger partial charge in [-0.2, -0.15) is 11.8 Å². The van der Waals surface area contributed by atoms with E-state index in [1.807, 2.05) is 16.7 Å². The number of ether oxygens (including phenoxy) is 2. The molecule has 1 amide bonds. The molecule has 0 spiro atoms. The summed E-state index contributed by atoms with van der Waals surface area (Å²) in [6.07, 6.45) is 1.02. The molecule has 0 radical (unpaired) electrons. The highest BCUT2D eigenvalue weighted by Gasteiger charge is 2.29. The fourth-order valence-corrected chi connectivity index (χ4v) is 3.69. The maximum Gasteiger partial charge on any atom is 0.256 e. The second-order valence-electron chi connectivity index (χ2n) is 4.93. The molecular weight excluding hydrogens is 288 g/mol. The first-order chi connectivity index (χ1) is 10.2. The number of carbonyl (C=O) groups is 1. The van der Waals surface area contributed by atoms with E-state index in [0.29, 0.717) is 30.2 Å². The third kappa shape index (κ3) is 3.63. The molecule has 0 aromatic heterocycles. The van der Waals surface area contributed by atoms with Crippen molar-refractivity contribution in [2.75, 3.05) is 44.6 Å². The van der Waals surface area contributed by atoms with Crippen LogP contribution in [0, 0.1) is 0 Å². The van der Waals surface area contributed by atoms with Crippen molar-refractivity contribution in [3.8, 4) is 5.75 Å². The van der Waals surface area contributed by atoms with Crippen LogP contribution in [0.15, 0.2) is 18.2 Å². The lowest BCUT2D eigenvalue weighted by atomic mass is 10.1. The maximum absolute atomic E-state index is 12.9. The van der Waals surface area contributed by atoms with Crippen molar-refractivity contribution in [2.24, 2.45) is 0 Å². The predicted octanol–water partition coefficient (Wildman–Crippen LogP) is 1.87. The predicted molar refractivity (Wildman–Crippen MR) is 86.0 cm³/mol. The van der Waals surface area contributed by atoms with Gasteiger partial charge in [0.1, 0.15) is 5.75 Å². The number of benzene rings is 1. The molecule has 2 rings (SSSR count). The molecule has 0 saturated carbocycles. The van der Waals surface area contributed by atoms with Gasteiger partial charge in [-0.15, -0.1) is 0 Å². The average Bonchev–Trinajstić information content (AvgIpc) is 3.02. The number of hydrogen-bond acceptors (Lipinski definition) is 5. The van der Waals surface area contributed by atoms with Crippen LogP contribution in [0.1, 0.15) is 16.8 Å². The summed E-state index contributed by atoms with van der Waals surface area (Å²) in [5.41, 5.74) is 6.95. The fraction of sp³-hybridized carbons (Fsp3) is 0.533. The van der Waals surface area contributed by atoms with E-state index >= 15 is 0 Å². The van der Waals surface area contributed by atoms with Crippen LogP contribution in [0.5, 0.6) is 5.75 Å². The van der Waals surface area contributed by atoms with Crippen molar-refractivity contribution in [3.05, 3.63) is 23.8 Å². The number of hydrogen-bond donors (Lipinski definition) is 1. The second kappa shape index (κ2) is 7.56. The van der Waals surface area contributed by atoms with E-state index < -0.39 is 0 Å². The average molecular weight is 310 g/mol. The summed E-state index contributed by atoms with van der Waals surface area (Å²) in [4.78, 5) is 14.7. The minimum absolute atomic E-state index is 0.0454. The molecular formula is C15H22N2O3S. The van der Waals surface area contributed by atoms with Crippen molar-refractivity contribution in [3.63, 3.8) is 0 Å². The lowest BCUT2D eigenvalue weighted by molar-refractivity contribution is 0.0625. The van der Waals surface area contributed by atoms with Crippen LogP contribution in [0.2, 0.25) is 0 Å². The van der Waals surface area contributed by atoms with Crippen LogP contribution in [-0.2, 0) is 4.74 Å². The highest BCUT2D eigenvalue weighted by molar-refractivity contribution is 7.99. The van der Waals surface area contributed by atoms with Gasteiger partial charge in [-0.25, -0.2) is 0 Å². The zero-order valence-electron chi connectivity index (χ0n) is 12.5. The van der Waals surface area contributed by atoms with Crippen LogP contribution in [0.4, 0.5) is 5.69 Å². The molecule has 2 N–H and O–H groups in total. The van der Waals surface area contributed by atoms with E-state index in [1.165, 1.54) is 0 Å². The van der Waals surface area contributed by atoms with Crippen molar-refractivity contribution in [1.82, 2.24) is 4.90 Å². The van der Waals surface area contributed by atoms with Gasteiger partial charge in [0.15, 0.2) is 0 Å². The molecule has 5 nitrogen and oxygen atoms in total. The van der Waals surface area contributed by atoms with Crippen molar-refractivity contribution in [1.29, 1.82) is 0 Å². The minimum atomic E-state index is -0.0454. The van der Waals surface area contributed by atoms with Crippen LogP contribution in [-0.4, -0.2) is 55.7 Å². The van der Waals surface area contributed by atoms with E-state index in [2.05, 4.69) is 0 Å². The Morgan fingerprint density at radius 3 is 2.90 bits per heavy atom. The first-order valence-electron chi connectivity index (χ1n) is 6.99. The number of rotatable bonds is 6. The Hall–Kier alpha value is -1.40. The molecule has 1 atom stereocenters. The maximum atomic E-state index is 12.9. The van der Waals surface area contributed by atoms with E-state index in [1.54, 1.807) is 32.4 Å². The number of thioether (sulfide) groups is 1. The quantitative estimate of drug-likeness (QED) is 0.813. The SMILES string of the molecule is COCCN(C(=O)c1cccc(OC)c1N)C1CCSC1. The molecule has 1 unspecified atom stereocenters. The molecule has 6 heteroatoms. The summed E-state index contributed by atoms with van der Waals surface area (Å²) >= 11 is 1.88. The number of nitrogens with two attached hydrogens (primary N) is 1. The number of nitrogens with zero attached hydrogens (tertiary/aromatic N) is 1. The minimum Gasteiger partial charge on any atom is -0.495 e. The molecule has 0 bridgehead atoms. The van der Waals surface area contributed by atoms with Gasteiger partial charge in [0.25, 0.3) is 5.91 Å². The Morgan fingerprint density at radius 1 is 1.48 bits per heavy atom. The lowest BCUT2D eigenvalue weighted by Crippen LogP contribution is -2.42. The van der Waals surface area contributed by atoms with Crippen LogP contribution in [0.3, 0.4) is 0 Å². The van der Waals surface area contributed by atoms with Gasteiger partial charge in [0.05, 0.1) is 25.0 Å². The molecule has 0 aliphatic carbocycles. The fourth-order valence-electron chi connectivity index (χ4n) is 2.47. The van der Waals surface area contributed by atoms with Crippen molar-refractivity contribution >= 4 is 23.4 Å². The number of methoxy groups -OCH3 is 2. The van der Waals surface area contributed by atoms with Gasteiger partial charge in [-0.3, -0.25) is 4.79 Å². The van der Waals surface area contributed by atoms with E-state index in [4.69, 9.17) is 15.2 Å². The first kappa shape index (κ1) is 16.0. The molecule has 1 aliphatic rings. The summed E-state index contributed by atoms with van der Waals surface area (Å²) in [6, 6.07) is 5.56. The lowest BCUT2D eigenvalue weighted by Gasteiger charge is -2.29. The number of amides is 1. The molecule has 1 heterocycles. The van der Waals surface area contributed by atoms with Crippen LogP contribution >= 0.6 is 11.8 Å². The summed E-state index contributed by atoms with van der Waals surface area (Å²) in [6.45, 7) is 1.11. The van der Waals surface area contributed by atoms with Crippen LogP contribution < -0.4 is 10.5 Å². The third-order valence-corrected chi connectivity index (χ3v) is 4.80. The van der Waals surface area contributed by atoms with Gasteiger partial charge in [0, 0.05) is 25.4 Å². The Morgan fingerprint density at radius 2 is 2.29 bits per heavy atom. The largest absolute Gasteiger partial charge is 0.495 e. The molecule has 1 aromatic rings. The molecule has 1 aliphatic heterocycles. The first-order valence-corrected chi connectivity index (χ1v) is 8.14. The number of anilines is 1. The summed E-state index contributed by atoms with van der Waals surface area (Å²) in [5, 5.41) is 0. The Balaban J connectivity index is 2.24. The third-order valence-electron chi connectivity index (χ3n) is 3.66. The number of para-hydroxylation sites is 1. The second-order valence-corrected chi connectivity index (χ2v) is 6.08. The van der Waals surface area contributed by atoms with E-state index in [9.17, 15) is 4.79 Å². The molecule has 21 heavy (non-hydrogen) atoms. The molecule has 1 fully saturated rings. The standard InChI is InChI=1S/C15H22N2O3S/c1-19-8-7-17(11-6-9-21-10-11)15(18)12-4-3-5-13(20-2)14(12)16/h3-5,11H,6-10,16H2,1-2H3. The van der Waals surface area contributed by atoms with Gasteiger partial charge in [-0.05, 0) is 24.3 Å². The van der Waals surface area contributed by atoms with Crippen molar-refractivity contribution < 1.29 is 14.3 Å². The topological polar surface area (TPSA) is 64.8 Å². The smallest absolute Gasteiger partial charge is 0.256 e. The van der Waals surface area contributed by atoms with Gasteiger partial charge in [-0.1, -0.05) is 6.07 Å². The molecule has 1 aromatic carbocycles. The zero-order valence-corrected chi connectivity index (χ0v) is 13.3. The molecule has 1 saturated heterocycles. The van der Waals surface area contributed by atoms with Gasteiger partial charge >= 0.3 is 0 Å². The normalized spacial score (nSPS) is 17.7. The zero-order chi connectivity index (χ0) is 15.2. The highest BCUT2D eigenvalue weighted by atomic mass is 32.2. The summed E-state index contributed by atoms with van der Waals surface area (Å²) < 4.78 is 10.3. The Kier molecular flexibility index (Phi) is 5.76. The highest BCUT2D eigenvalue weighted by Crippen LogP contribution is 2.29. The monoisotopic (exact) mass is 310 g/mol. The van der Waals surface area contributed by atoms with Gasteiger partial charge < -0.3 is 20.1 Å².